The fourth-order valence-corrected chi connectivity index (χ4v) is 3.61. The van der Waals surface area contributed by atoms with Crippen LogP contribution in [0.4, 0.5) is 5.69 Å². The molecule has 0 saturated carbocycles. The quantitative estimate of drug-likeness (QED) is 0.665. The van der Waals surface area contributed by atoms with E-state index in [1.807, 2.05) is 23.8 Å². The number of methoxy groups -OCH3 is 1. The highest BCUT2D eigenvalue weighted by molar-refractivity contribution is 9.11. The van der Waals surface area contributed by atoms with Crippen molar-refractivity contribution in [3.05, 3.63) is 43.5 Å². The summed E-state index contributed by atoms with van der Waals surface area (Å²) in [4.78, 5) is 12.4. The molecule has 0 aliphatic rings. The zero-order valence-electron chi connectivity index (χ0n) is 11.4. The predicted octanol–water partition coefficient (Wildman–Crippen LogP) is 5.06. The maximum absolute atomic E-state index is 12.4. The average Bonchev–Trinajstić information content (AvgIpc) is 2.83. The second-order valence-electron chi connectivity index (χ2n) is 4.25. The van der Waals surface area contributed by atoms with E-state index in [4.69, 9.17) is 4.74 Å². The summed E-state index contributed by atoms with van der Waals surface area (Å²) in [5.74, 6) is 0.480. The summed E-state index contributed by atoms with van der Waals surface area (Å²) in [5.41, 5.74) is 1.25. The molecule has 21 heavy (non-hydrogen) atoms. The maximum atomic E-state index is 12.4. The van der Waals surface area contributed by atoms with Crippen molar-refractivity contribution in [2.24, 2.45) is 0 Å². The molecule has 1 aromatic carbocycles. The van der Waals surface area contributed by atoms with Gasteiger partial charge in [0.1, 0.15) is 11.4 Å². The lowest BCUT2D eigenvalue weighted by molar-refractivity contribution is 0.101. The number of anilines is 1. The summed E-state index contributed by atoms with van der Waals surface area (Å²) in [5, 5.41) is 2.89. The van der Waals surface area contributed by atoms with Gasteiger partial charge in [-0.15, -0.1) is 0 Å². The molecule has 0 aliphatic heterocycles. The van der Waals surface area contributed by atoms with Gasteiger partial charge in [-0.1, -0.05) is 0 Å². The molecule has 112 valence electrons. The third-order valence-electron chi connectivity index (χ3n) is 2.93. The number of ether oxygens (including phenoxy) is 1. The minimum Gasteiger partial charge on any atom is -0.495 e. The van der Waals surface area contributed by atoms with E-state index in [-0.39, 0.29) is 5.91 Å². The van der Waals surface area contributed by atoms with E-state index in [0.29, 0.717) is 17.1 Å². The molecular formula is C14H13Br3N2O2. The second-order valence-corrected chi connectivity index (χ2v) is 6.87. The van der Waals surface area contributed by atoms with Crippen molar-refractivity contribution in [2.75, 3.05) is 12.4 Å². The van der Waals surface area contributed by atoms with Gasteiger partial charge in [-0.05, 0) is 66.8 Å². The predicted molar refractivity (Wildman–Crippen MR) is 94.2 cm³/mol. The first-order chi connectivity index (χ1) is 9.96. The third-order valence-corrected chi connectivity index (χ3v) is 4.64. The largest absolute Gasteiger partial charge is 0.495 e. The Bertz CT molecular complexity index is 683. The molecular weight excluding hydrogens is 468 g/mol. The van der Waals surface area contributed by atoms with Gasteiger partial charge in [-0.25, -0.2) is 0 Å². The van der Waals surface area contributed by atoms with Gasteiger partial charge in [-0.2, -0.15) is 0 Å². The molecule has 2 rings (SSSR count). The first kappa shape index (κ1) is 16.6. The van der Waals surface area contributed by atoms with Gasteiger partial charge < -0.3 is 14.6 Å². The molecule has 0 atom stereocenters. The lowest BCUT2D eigenvalue weighted by Crippen LogP contribution is -2.16. The number of amides is 1. The third kappa shape index (κ3) is 3.70. The van der Waals surface area contributed by atoms with Crippen LogP contribution in [0.5, 0.6) is 5.75 Å². The summed E-state index contributed by atoms with van der Waals surface area (Å²) in [6.07, 6.45) is 1.88. The van der Waals surface area contributed by atoms with Gasteiger partial charge in [0.05, 0.1) is 17.3 Å². The fraction of sp³-hybridized carbons (Fsp3) is 0.214. The van der Waals surface area contributed by atoms with Crippen molar-refractivity contribution >= 4 is 59.4 Å². The van der Waals surface area contributed by atoms with Gasteiger partial charge in [0, 0.05) is 27.8 Å². The van der Waals surface area contributed by atoms with Gasteiger partial charge in [0.2, 0.25) is 0 Å². The number of rotatable bonds is 4. The van der Waals surface area contributed by atoms with Crippen LogP contribution in [-0.2, 0) is 6.54 Å². The van der Waals surface area contributed by atoms with E-state index < -0.39 is 0 Å². The van der Waals surface area contributed by atoms with Crippen molar-refractivity contribution < 1.29 is 9.53 Å². The Kier molecular flexibility index (Phi) is 5.51. The summed E-state index contributed by atoms with van der Waals surface area (Å²) in [6.45, 7) is 2.71. The van der Waals surface area contributed by atoms with E-state index in [2.05, 4.69) is 53.1 Å². The number of nitrogens with one attached hydrogen (secondary N) is 1. The SMILES string of the molecule is CCn1cc(Br)cc1C(=O)Nc1cc(OC)c(Br)cc1Br. The van der Waals surface area contributed by atoms with E-state index in [0.717, 1.165) is 20.0 Å². The average molecular weight is 481 g/mol. The number of halogens is 3. The number of hydrogen-bond acceptors (Lipinski definition) is 2. The number of carbonyl (C=O) groups is 1. The first-order valence-electron chi connectivity index (χ1n) is 6.16. The minimum absolute atomic E-state index is 0.173. The van der Waals surface area contributed by atoms with Crippen LogP contribution in [-0.4, -0.2) is 17.6 Å². The lowest BCUT2D eigenvalue weighted by atomic mass is 10.3. The highest BCUT2D eigenvalue weighted by Gasteiger charge is 2.15. The van der Waals surface area contributed by atoms with Crippen LogP contribution in [0.25, 0.3) is 0 Å². The molecule has 1 amide bonds. The Hall–Kier alpha value is -0.790. The Morgan fingerprint density at radius 2 is 1.95 bits per heavy atom. The Balaban J connectivity index is 2.31. The Morgan fingerprint density at radius 1 is 1.24 bits per heavy atom. The molecule has 0 bridgehead atoms. The molecule has 0 fully saturated rings. The topological polar surface area (TPSA) is 43.3 Å². The molecule has 4 nitrogen and oxygen atoms in total. The summed E-state index contributed by atoms with van der Waals surface area (Å²) in [7, 11) is 1.58. The number of aryl methyl sites for hydroxylation is 1. The van der Waals surface area contributed by atoms with Gasteiger partial charge in [0.15, 0.2) is 0 Å². The minimum atomic E-state index is -0.173. The van der Waals surface area contributed by atoms with Crippen molar-refractivity contribution in [1.82, 2.24) is 4.57 Å². The highest BCUT2D eigenvalue weighted by atomic mass is 79.9. The zero-order valence-corrected chi connectivity index (χ0v) is 16.2. The van der Waals surface area contributed by atoms with E-state index >= 15 is 0 Å². The molecule has 0 radical (unpaired) electrons. The van der Waals surface area contributed by atoms with Gasteiger partial charge in [-0.3, -0.25) is 4.79 Å². The van der Waals surface area contributed by atoms with E-state index in [1.165, 1.54) is 0 Å². The number of benzene rings is 1. The van der Waals surface area contributed by atoms with Crippen LogP contribution >= 0.6 is 47.8 Å². The van der Waals surface area contributed by atoms with Crippen molar-refractivity contribution in [2.45, 2.75) is 13.5 Å². The summed E-state index contributed by atoms with van der Waals surface area (Å²) >= 11 is 10.2. The van der Waals surface area contributed by atoms with Crippen LogP contribution in [0.2, 0.25) is 0 Å². The number of carbonyl (C=O) groups excluding carboxylic acids is 1. The molecule has 0 unspecified atom stereocenters. The molecule has 0 spiro atoms. The molecule has 0 aliphatic carbocycles. The Labute approximate surface area is 148 Å². The maximum Gasteiger partial charge on any atom is 0.272 e. The van der Waals surface area contributed by atoms with Crippen molar-refractivity contribution in [3.8, 4) is 5.75 Å². The van der Waals surface area contributed by atoms with Gasteiger partial charge >= 0.3 is 0 Å². The fourth-order valence-electron chi connectivity index (χ4n) is 1.89. The lowest BCUT2D eigenvalue weighted by Gasteiger charge is -2.12. The molecule has 7 heteroatoms. The smallest absolute Gasteiger partial charge is 0.272 e. The van der Waals surface area contributed by atoms with Crippen LogP contribution in [0, 0.1) is 0 Å². The number of aromatic nitrogens is 1. The molecule has 1 heterocycles. The van der Waals surface area contributed by atoms with E-state index in [9.17, 15) is 4.79 Å². The molecule has 0 saturated heterocycles. The van der Waals surface area contributed by atoms with Crippen molar-refractivity contribution in [3.63, 3.8) is 0 Å². The molecule has 2 aromatic rings. The summed E-state index contributed by atoms with van der Waals surface area (Å²) < 4.78 is 9.59. The zero-order chi connectivity index (χ0) is 15.6. The number of hydrogen-bond donors (Lipinski definition) is 1. The van der Waals surface area contributed by atoms with Crippen LogP contribution < -0.4 is 10.1 Å². The van der Waals surface area contributed by atoms with Gasteiger partial charge in [0.25, 0.3) is 5.91 Å². The number of nitrogens with zero attached hydrogens (tertiary/aromatic N) is 1. The van der Waals surface area contributed by atoms with Crippen LogP contribution in [0.3, 0.4) is 0 Å². The van der Waals surface area contributed by atoms with Crippen LogP contribution in [0.1, 0.15) is 17.4 Å². The van der Waals surface area contributed by atoms with Crippen molar-refractivity contribution in [1.29, 1.82) is 0 Å². The monoisotopic (exact) mass is 478 g/mol. The van der Waals surface area contributed by atoms with E-state index in [1.54, 1.807) is 19.2 Å². The summed E-state index contributed by atoms with van der Waals surface area (Å²) in [6, 6.07) is 5.40. The first-order valence-corrected chi connectivity index (χ1v) is 8.54. The standard InChI is InChI=1S/C14H13Br3N2O2/c1-3-19-7-8(15)4-12(19)14(20)18-11-6-13(21-2)10(17)5-9(11)16/h4-7H,3H2,1-2H3,(H,18,20). The molecule has 1 aromatic heterocycles. The Morgan fingerprint density at radius 3 is 2.57 bits per heavy atom. The molecule has 1 N–H and O–H groups in total. The second kappa shape index (κ2) is 6.98. The van der Waals surface area contributed by atoms with Crippen LogP contribution in [0.15, 0.2) is 37.8 Å². The highest BCUT2D eigenvalue weighted by Crippen LogP contribution is 2.34. The normalized spacial score (nSPS) is 10.5.